The van der Waals surface area contributed by atoms with Gasteiger partial charge in [0.1, 0.15) is 4.99 Å². The number of halogens is 1. The van der Waals surface area contributed by atoms with E-state index < -0.39 is 0 Å². The van der Waals surface area contributed by atoms with Crippen LogP contribution in [0, 0.1) is 5.92 Å². The fourth-order valence-corrected chi connectivity index (χ4v) is 3.21. The van der Waals surface area contributed by atoms with E-state index >= 15 is 0 Å². The molecule has 1 atom stereocenters. The van der Waals surface area contributed by atoms with Gasteiger partial charge in [0.15, 0.2) is 0 Å². The van der Waals surface area contributed by atoms with Crippen LogP contribution in [0.2, 0.25) is 0 Å². The average Bonchev–Trinajstić information content (AvgIpc) is 2.74. The molecule has 104 valence electrons. The van der Waals surface area contributed by atoms with Crippen LogP contribution in [0.5, 0.6) is 0 Å². The molecule has 1 saturated heterocycles. The molecule has 0 spiro atoms. The Labute approximate surface area is 128 Å². The van der Waals surface area contributed by atoms with E-state index in [1.807, 2.05) is 12.1 Å². The molecule has 2 rings (SSSR count). The summed E-state index contributed by atoms with van der Waals surface area (Å²) in [7, 11) is 4.29. The molecule has 0 radical (unpaired) electrons. The van der Waals surface area contributed by atoms with Gasteiger partial charge in [-0.2, -0.15) is 0 Å². The molecule has 0 bridgehead atoms. The van der Waals surface area contributed by atoms with E-state index in [0.29, 0.717) is 10.9 Å². The number of hydrogen-bond acceptors (Lipinski definition) is 3. The Morgan fingerprint density at radius 1 is 1.58 bits per heavy atom. The predicted octanol–water partition coefficient (Wildman–Crippen LogP) is 2.47. The largest absolute Gasteiger partial charge is 0.389 e. The monoisotopic (exact) mass is 341 g/mol. The molecule has 1 unspecified atom stereocenters. The first-order valence-corrected chi connectivity index (χ1v) is 7.66. The zero-order valence-electron chi connectivity index (χ0n) is 11.4. The summed E-state index contributed by atoms with van der Waals surface area (Å²) in [6, 6.07) is 6.06. The normalized spacial score (nSPS) is 19.6. The Bertz CT molecular complexity index is 478. The maximum absolute atomic E-state index is 5.81. The van der Waals surface area contributed by atoms with Crippen LogP contribution in [0.1, 0.15) is 12.0 Å². The first-order chi connectivity index (χ1) is 8.97. The topological polar surface area (TPSA) is 32.5 Å². The Hall–Kier alpha value is -0.650. The third kappa shape index (κ3) is 3.68. The second-order valence-corrected chi connectivity index (χ2v) is 6.68. The number of nitrogens with two attached hydrogens (primary N) is 1. The molecule has 1 fully saturated rings. The quantitative estimate of drug-likeness (QED) is 0.852. The van der Waals surface area contributed by atoms with Crippen LogP contribution in [0.15, 0.2) is 22.7 Å². The Kier molecular flexibility index (Phi) is 4.81. The van der Waals surface area contributed by atoms with Gasteiger partial charge < -0.3 is 15.5 Å². The molecule has 0 aliphatic carbocycles. The number of thiocarbonyl (C=S) groups is 1. The molecule has 1 aliphatic rings. The second-order valence-electron chi connectivity index (χ2n) is 5.32. The summed E-state index contributed by atoms with van der Waals surface area (Å²) in [5.74, 6) is 0.716. The van der Waals surface area contributed by atoms with E-state index in [9.17, 15) is 0 Å². The summed E-state index contributed by atoms with van der Waals surface area (Å²) in [6.45, 7) is 3.40. The predicted molar refractivity (Wildman–Crippen MR) is 88.9 cm³/mol. The summed E-state index contributed by atoms with van der Waals surface area (Å²) in [5, 5.41) is 0. The highest BCUT2D eigenvalue weighted by Crippen LogP contribution is 2.26. The van der Waals surface area contributed by atoms with Crippen molar-refractivity contribution in [2.24, 2.45) is 11.7 Å². The molecular formula is C14H20BrN3S. The molecule has 2 N–H and O–H groups in total. The maximum atomic E-state index is 5.81. The summed E-state index contributed by atoms with van der Waals surface area (Å²) >= 11 is 8.66. The molecule has 0 aromatic heterocycles. The number of rotatable bonds is 4. The van der Waals surface area contributed by atoms with Crippen molar-refractivity contribution in [2.45, 2.75) is 6.42 Å². The third-order valence-corrected chi connectivity index (χ3v) is 4.37. The first kappa shape index (κ1) is 14.8. The summed E-state index contributed by atoms with van der Waals surface area (Å²) in [4.78, 5) is 5.11. The van der Waals surface area contributed by atoms with Crippen molar-refractivity contribution in [2.75, 3.05) is 38.6 Å². The van der Waals surface area contributed by atoms with E-state index in [4.69, 9.17) is 18.0 Å². The number of nitrogens with zero attached hydrogens (tertiary/aromatic N) is 2. The van der Waals surface area contributed by atoms with Crippen LogP contribution in [-0.4, -0.2) is 43.6 Å². The summed E-state index contributed by atoms with van der Waals surface area (Å²) in [5.41, 5.74) is 7.87. The van der Waals surface area contributed by atoms with Crippen LogP contribution in [0.4, 0.5) is 5.69 Å². The van der Waals surface area contributed by atoms with Crippen molar-refractivity contribution in [3.63, 3.8) is 0 Å². The fraction of sp³-hybridized carbons (Fsp3) is 0.500. The lowest BCUT2D eigenvalue weighted by Gasteiger charge is -2.25. The molecule has 5 heteroatoms. The van der Waals surface area contributed by atoms with Gasteiger partial charge in [0.05, 0.1) is 0 Å². The molecule has 1 aromatic carbocycles. The highest BCUT2D eigenvalue weighted by Gasteiger charge is 2.22. The molecule has 0 saturated carbocycles. The Morgan fingerprint density at radius 3 is 2.89 bits per heavy atom. The van der Waals surface area contributed by atoms with Gasteiger partial charge in [0.25, 0.3) is 0 Å². The molecule has 3 nitrogen and oxygen atoms in total. The van der Waals surface area contributed by atoms with Crippen molar-refractivity contribution in [1.29, 1.82) is 0 Å². The van der Waals surface area contributed by atoms with Crippen LogP contribution in [0.25, 0.3) is 0 Å². The summed E-state index contributed by atoms with van der Waals surface area (Å²) in [6.07, 6.45) is 1.26. The van der Waals surface area contributed by atoms with E-state index in [-0.39, 0.29) is 0 Å². The fourth-order valence-electron chi connectivity index (χ4n) is 2.69. The van der Waals surface area contributed by atoms with Gasteiger partial charge >= 0.3 is 0 Å². The molecule has 1 aromatic rings. The van der Waals surface area contributed by atoms with Crippen LogP contribution in [-0.2, 0) is 0 Å². The highest BCUT2D eigenvalue weighted by atomic mass is 79.9. The lowest BCUT2D eigenvalue weighted by atomic mass is 10.1. The minimum Gasteiger partial charge on any atom is -0.389 e. The molecule has 0 amide bonds. The third-order valence-electron chi connectivity index (χ3n) is 3.66. The maximum Gasteiger partial charge on any atom is 0.106 e. The van der Waals surface area contributed by atoms with Gasteiger partial charge in [0, 0.05) is 35.9 Å². The average molecular weight is 342 g/mol. The van der Waals surface area contributed by atoms with Gasteiger partial charge in [-0.05, 0) is 44.1 Å². The van der Waals surface area contributed by atoms with Crippen molar-refractivity contribution >= 4 is 38.8 Å². The molecular weight excluding hydrogens is 322 g/mol. The van der Waals surface area contributed by atoms with Gasteiger partial charge in [-0.3, -0.25) is 0 Å². The lowest BCUT2D eigenvalue weighted by molar-refractivity contribution is 0.396. The Balaban J connectivity index is 2.15. The van der Waals surface area contributed by atoms with Gasteiger partial charge in [0.2, 0.25) is 0 Å². The zero-order valence-corrected chi connectivity index (χ0v) is 13.8. The summed E-state index contributed by atoms with van der Waals surface area (Å²) < 4.78 is 1.05. The second kappa shape index (κ2) is 6.20. The molecule has 19 heavy (non-hydrogen) atoms. The molecule has 1 heterocycles. The molecule has 1 aliphatic heterocycles. The van der Waals surface area contributed by atoms with Crippen molar-refractivity contribution in [3.8, 4) is 0 Å². The van der Waals surface area contributed by atoms with E-state index in [0.717, 1.165) is 22.3 Å². The van der Waals surface area contributed by atoms with Crippen molar-refractivity contribution in [3.05, 3.63) is 28.2 Å². The highest BCUT2D eigenvalue weighted by molar-refractivity contribution is 9.10. The van der Waals surface area contributed by atoms with Crippen LogP contribution < -0.4 is 10.6 Å². The van der Waals surface area contributed by atoms with Crippen LogP contribution >= 0.6 is 28.1 Å². The SMILES string of the molecule is CN1CCC(CN(C)c2cc(Br)ccc2C(N)=S)C1. The van der Waals surface area contributed by atoms with Gasteiger partial charge in [-0.25, -0.2) is 0 Å². The number of benzene rings is 1. The van der Waals surface area contributed by atoms with Crippen LogP contribution in [0.3, 0.4) is 0 Å². The number of hydrogen-bond donors (Lipinski definition) is 1. The number of anilines is 1. The van der Waals surface area contributed by atoms with E-state index in [2.05, 4.69) is 45.9 Å². The Morgan fingerprint density at radius 2 is 2.32 bits per heavy atom. The first-order valence-electron chi connectivity index (χ1n) is 6.46. The smallest absolute Gasteiger partial charge is 0.106 e. The standard InChI is InChI=1S/C14H20BrN3S/c1-17-6-5-10(8-17)9-18(2)13-7-11(15)3-4-12(13)14(16)19/h3-4,7,10H,5-6,8-9H2,1-2H3,(H2,16,19). The van der Waals surface area contributed by atoms with E-state index in [1.165, 1.54) is 19.5 Å². The zero-order chi connectivity index (χ0) is 14.0. The minimum atomic E-state index is 0.456. The number of likely N-dealkylation sites (tertiary alicyclic amines) is 1. The minimum absolute atomic E-state index is 0.456. The van der Waals surface area contributed by atoms with Gasteiger partial charge in [-0.15, -0.1) is 0 Å². The van der Waals surface area contributed by atoms with Crippen molar-refractivity contribution < 1.29 is 0 Å². The van der Waals surface area contributed by atoms with Gasteiger partial charge in [-0.1, -0.05) is 28.1 Å². The van der Waals surface area contributed by atoms with E-state index in [1.54, 1.807) is 0 Å². The van der Waals surface area contributed by atoms with Crippen molar-refractivity contribution in [1.82, 2.24) is 4.90 Å². The lowest BCUT2D eigenvalue weighted by Crippen LogP contribution is -2.29.